The molecule has 0 atom stereocenters. The summed E-state index contributed by atoms with van der Waals surface area (Å²) < 4.78 is 0. The number of nitrogens with one attached hydrogen (secondary N) is 1. The number of amides is 1. The molecule has 94 valence electrons. The molecule has 1 aromatic rings. The SMILES string of the molecule is CCCc1cc(C(=O)NCC(C)C)cc(Cl)n1. The number of hydrogen-bond donors (Lipinski definition) is 1. The number of nitrogens with zero attached hydrogens (tertiary/aromatic N) is 1. The maximum absolute atomic E-state index is 11.9. The van der Waals surface area contributed by atoms with Gasteiger partial charge in [0.05, 0.1) is 0 Å². The number of aromatic nitrogens is 1. The minimum Gasteiger partial charge on any atom is -0.352 e. The van der Waals surface area contributed by atoms with Gasteiger partial charge in [0, 0.05) is 17.8 Å². The van der Waals surface area contributed by atoms with Gasteiger partial charge in [-0.15, -0.1) is 0 Å². The van der Waals surface area contributed by atoms with Crippen LogP contribution in [0, 0.1) is 5.92 Å². The molecule has 1 aromatic heterocycles. The second-order valence-corrected chi connectivity index (χ2v) is 4.91. The van der Waals surface area contributed by atoms with Crippen molar-refractivity contribution in [1.82, 2.24) is 10.3 Å². The monoisotopic (exact) mass is 254 g/mol. The average Bonchev–Trinajstić information content (AvgIpc) is 2.25. The third-order valence-corrected chi connectivity index (χ3v) is 2.48. The number of hydrogen-bond acceptors (Lipinski definition) is 2. The van der Waals surface area contributed by atoms with Gasteiger partial charge in [-0.05, 0) is 24.5 Å². The molecule has 1 N–H and O–H groups in total. The van der Waals surface area contributed by atoms with Crippen molar-refractivity contribution in [1.29, 1.82) is 0 Å². The van der Waals surface area contributed by atoms with E-state index in [4.69, 9.17) is 11.6 Å². The van der Waals surface area contributed by atoms with E-state index in [1.807, 2.05) is 6.07 Å². The predicted octanol–water partition coefficient (Wildman–Crippen LogP) is 3.07. The molecule has 1 amide bonds. The topological polar surface area (TPSA) is 42.0 Å². The van der Waals surface area contributed by atoms with E-state index in [0.29, 0.717) is 23.2 Å². The van der Waals surface area contributed by atoms with Crippen molar-refractivity contribution in [3.8, 4) is 0 Å². The molecule has 3 nitrogen and oxygen atoms in total. The predicted molar refractivity (Wildman–Crippen MR) is 70.4 cm³/mol. The van der Waals surface area contributed by atoms with Gasteiger partial charge >= 0.3 is 0 Å². The van der Waals surface area contributed by atoms with E-state index in [-0.39, 0.29) is 5.91 Å². The molecule has 1 rings (SSSR count). The lowest BCUT2D eigenvalue weighted by Gasteiger charge is -2.09. The molecule has 0 radical (unpaired) electrons. The molecule has 17 heavy (non-hydrogen) atoms. The fourth-order valence-corrected chi connectivity index (χ4v) is 1.69. The first-order valence-corrected chi connectivity index (χ1v) is 6.35. The van der Waals surface area contributed by atoms with E-state index in [1.54, 1.807) is 6.07 Å². The molecular weight excluding hydrogens is 236 g/mol. The molecule has 0 unspecified atom stereocenters. The molecule has 0 saturated carbocycles. The van der Waals surface area contributed by atoms with E-state index in [1.165, 1.54) is 0 Å². The Morgan fingerprint density at radius 2 is 2.18 bits per heavy atom. The van der Waals surface area contributed by atoms with Crippen LogP contribution in [0.2, 0.25) is 5.15 Å². The average molecular weight is 255 g/mol. The molecule has 4 heteroatoms. The van der Waals surface area contributed by atoms with Crippen molar-refractivity contribution >= 4 is 17.5 Å². The highest BCUT2D eigenvalue weighted by molar-refractivity contribution is 6.29. The van der Waals surface area contributed by atoms with E-state index in [2.05, 4.69) is 31.1 Å². The van der Waals surface area contributed by atoms with Gasteiger partial charge in [0.15, 0.2) is 0 Å². The van der Waals surface area contributed by atoms with E-state index >= 15 is 0 Å². The first-order valence-electron chi connectivity index (χ1n) is 5.97. The fraction of sp³-hybridized carbons (Fsp3) is 0.538. The number of aryl methyl sites for hydroxylation is 1. The van der Waals surface area contributed by atoms with Crippen LogP contribution >= 0.6 is 11.6 Å². The lowest BCUT2D eigenvalue weighted by molar-refractivity contribution is 0.0949. The van der Waals surface area contributed by atoms with Crippen molar-refractivity contribution in [3.05, 3.63) is 28.5 Å². The maximum Gasteiger partial charge on any atom is 0.251 e. The first kappa shape index (κ1) is 14.0. The van der Waals surface area contributed by atoms with Crippen LogP contribution in [0.1, 0.15) is 43.2 Å². The van der Waals surface area contributed by atoms with E-state index < -0.39 is 0 Å². The van der Waals surface area contributed by atoms with Crippen molar-refractivity contribution in [3.63, 3.8) is 0 Å². The van der Waals surface area contributed by atoms with E-state index in [9.17, 15) is 4.79 Å². The minimum atomic E-state index is -0.0830. The molecule has 0 aliphatic carbocycles. The van der Waals surface area contributed by atoms with E-state index in [0.717, 1.165) is 18.5 Å². The molecule has 0 aliphatic heterocycles. The van der Waals surface area contributed by atoms with Crippen LogP contribution in [-0.2, 0) is 6.42 Å². The van der Waals surface area contributed by atoms with Crippen LogP contribution in [0.5, 0.6) is 0 Å². The summed E-state index contributed by atoms with van der Waals surface area (Å²) in [6, 6.07) is 3.42. The smallest absolute Gasteiger partial charge is 0.251 e. The lowest BCUT2D eigenvalue weighted by atomic mass is 10.1. The van der Waals surface area contributed by atoms with Gasteiger partial charge in [-0.3, -0.25) is 4.79 Å². The fourth-order valence-electron chi connectivity index (χ4n) is 1.47. The van der Waals surface area contributed by atoms with Gasteiger partial charge in [-0.2, -0.15) is 0 Å². The Labute approximate surface area is 108 Å². The number of carbonyl (C=O) groups is 1. The zero-order valence-corrected chi connectivity index (χ0v) is 11.3. The standard InChI is InChI=1S/C13H19ClN2O/c1-4-5-11-6-10(7-12(14)16-11)13(17)15-8-9(2)3/h6-7,9H,4-5,8H2,1-3H3,(H,15,17). The Kier molecular flexibility index (Phi) is 5.42. The Morgan fingerprint density at radius 1 is 1.47 bits per heavy atom. The highest BCUT2D eigenvalue weighted by atomic mass is 35.5. The largest absolute Gasteiger partial charge is 0.352 e. The molecule has 0 bridgehead atoms. The van der Waals surface area contributed by atoms with Crippen LogP contribution in [0.15, 0.2) is 12.1 Å². The summed E-state index contributed by atoms with van der Waals surface area (Å²) in [7, 11) is 0. The van der Waals surface area contributed by atoms with Crippen LogP contribution in [0.3, 0.4) is 0 Å². The van der Waals surface area contributed by atoms with Gasteiger partial charge in [0.2, 0.25) is 0 Å². The minimum absolute atomic E-state index is 0.0830. The van der Waals surface area contributed by atoms with Gasteiger partial charge in [0.25, 0.3) is 5.91 Å². The van der Waals surface area contributed by atoms with Crippen molar-refractivity contribution in [2.24, 2.45) is 5.92 Å². The molecule has 0 aliphatic rings. The second-order valence-electron chi connectivity index (χ2n) is 4.52. The number of carbonyl (C=O) groups excluding carboxylic acids is 1. The zero-order chi connectivity index (χ0) is 12.8. The summed E-state index contributed by atoms with van der Waals surface area (Å²) >= 11 is 5.90. The third-order valence-electron chi connectivity index (χ3n) is 2.29. The summed E-state index contributed by atoms with van der Waals surface area (Å²) in [5.74, 6) is 0.353. The molecule has 0 aromatic carbocycles. The molecule has 1 heterocycles. The van der Waals surface area contributed by atoms with Crippen molar-refractivity contribution in [2.45, 2.75) is 33.6 Å². The lowest BCUT2D eigenvalue weighted by Crippen LogP contribution is -2.27. The van der Waals surface area contributed by atoms with Gasteiger partial charge < -0.3 is 5.32 Å². The van der Waals surface area contributed by atoms with Crippen LogP contribution < -0.4 is 5.32 Å². The quantitative estimate of drug-likeness (QED) is 0.821. The Bertz CT molecular complexity index is 391. The number of rotatable bonds is 5. The van der Waals surface area contributed by atoms with Gasteiger partial charge in [0.1, 0.15) is 5.15 Å². The Morgan fingerprint density at radius 3 is 2.76 bits per heavy atom. The normalized spacial score (nSPS) is 10.6. The summed E-state index contributed by atoms with van der Waals surface area (Å²) in [5.41, 5.74) is 1.46. The van der Waals surface area contributed by atoms with Crippen LogP contribution in [-0.4, -0.2) is 17.4 Å². The molecule has 0 fully saturated rings. The Balaban J connectivity index is 2.78. The summed E-state index contributed by atoms with van der Waals surface area (Å²) in [5, 5.41) is 3.25. The van der Waals surface area contributed by atoms with Crippen LogP contribution in [0.25, 0.3) is 0 Å². The summed E-state index contributed by atoms with van der Waals surface area (Å²) in [6.45, 7) is 6.85. The Hall–Kier alpha value is -1.09. The second kappa shape index (κ2) is 6.60. The van der Waals surface area contributed by atoms with Gasteiger partial charge in [-0.25, -0.2) is 4.98 Å². The molecular formula is C13H19ClN2O. The first-order chi connectivity index (χ1) is 8.02. The number of halogens is 1. The van der Waals surface area contributed by atoms with Crippen LogP contribution in [0.4, 0.5) is 0 Å². The summed E-state index contributed by atoms with van der Waals surface area (Å²) in [6.07, 6.45) is 1.82. The molecule has 0 saturated heterocycles. The molecule has 0 spiro atoms. The third kappa shape index (κ3) is 4.73. The highest BCUT2D eigenvalue weighted by Crippen LogP contribution is 2.12. The zero-order valence-electron chi connectivity index (χ0n) is 10.6. The number of pyridine rings is 1. The highest BCUT2D eigenvalue weighted by Gasteiger charge is 2.09. The maximum atomic E-state index is 11.9. The summed E-state index contributed by atoms with van der Waals surface area (Å²) in [4.78, 5) is 16.0. The van der Waals surface area contributed by atoms with Crippen molar-refractivity contribution < 1.29 is 4.79 Å². The van der Waals surface area contributed by atoms with Crippen molar-refractivity contribution in [2.75, 3.05) is 6.54 Å². The van der Waals surface area contributed by atoms with Gasteiger partial charge in [-0.1, -0.05) is 38.8 Å².